The van der Waals surface area contributed by atoms with Gasteiger partial charge in [-0.25, -0.2) is 8.78 Å². The van der Waals surface area contributed by atoms with Crippen LogP contribution in [0.1, 0.15) is 46.5 Å². The van der Waals surface area contributed by atoms with Crippen LogP contribution in [0.5, 0.6) is 6.01 Å². The highest BCUT2D eigenvalue weighted by Crippen LogP contribution is 2.46. The van der Waals surface area contributed by atoms with Crippen molar-refractivity contribution in [3.8, 4) is 6.01 Å². The Kier molecular flexibility index (Phi) is 7.19. The monoisotopic (exact) mass is 646 g/mol. The minimum absolute atomic E-state index is 0.0614. The van der Waals surface area contributed by atoms with Crippen LogP contribution in [0.3, 0.4) is 0 Å². The quantitative estimate of drug-likeness (QED) is 0.187. The first-order valence-corrected chi connectivity index (χ1v) is 18.3. The van der Waals surface area contributed by atoms with Gasteiger partial charge in [0, 0.05) is 43.6 Å². The van der Waals surface area contributed by atoms with Crippen LogP contribution in [0, 0.1) is 23.5 Å². The largest absolute Gasteiger partial charge is 0.461 e. The second-order valence-electron chi connectivity index (χ2n) is 14.4. The molecule has 1 aromatic carbocycles. The summed E-state index contributed by atoms with van der Waals surface area (Å²) in [5, 5.41) is 0.495. The van der Waals surface area contributed by atoms with Crippen LogP contribution >= 0.6 is 15.9 Å². The molecule has 3 aliphatic heterocycles. The van der Waals surface area contributed by atoms with Crippen LogP contribution in [-0.2, 0) is 4.43 Å². The lowest BCUT2D eigenvalue weighted by Crippen LogP contribution is -2.46. The Hall–Kier alpha value is -1.88. The van der Waals surface area contributed by atoms with Crippen molar-refractivity contribution in [3.05, 3.63) is 46.5 Å². The lowest BCUT2D eigenvalue weighted by Gasteiger charge is -2.40. The van der Waals surface area contributed by atoms with Gasteiger partial charge in [-0.15, -0.1) is 0 Å². The van der Waals surface area contributed by atoms with Crippen molar-refractivity contribution in [2.24, 2.45) is 11.8 Å². The lowest BCUT2D eigenvalue weighted by molar-refractivity contribution is 0.108. The number of nitrogens with zero attached hydrogens (tertiary/aromatic N) is 4. The molecule has 0 amide bonds. The average Bonchev–Trinajstić information content (AvgIpc) is 3.45. The van der Waals surface area contributed by atoms with Crippen LogP contribution in [0.15, 0.2) is 34.8 Å². The van der Waals surface area contributed by atoms with Gasteiger partial charge in [0.25, 0.3) is 0 Å². The Morgan fingerprint density at radius 2 is 1.78 bits per heavy atom. The Morgan fingerprint density at radius 3 is 2.44 bits per heavy atom. The Balaban J connectivity index is 1.32. The number of anilines is 1. The van der Waals surface area contributed by atoms with Gasteiger partial charge in [-0.1, -0.05) is 45.1 Å². The highest BCUT2D eigenvalue weighted by Gasteiger charge is 2.49. The van der Waals surface area contributed by atoms with Gasteiger partial charge in [0.1, 0.15) is 23.8 Å². The first-order chi connectivity index (χ1) is 19.2. The molecule has 0 unspecified atom stereocenters. The highest BCUT2D eigenvalue weighted by atomic mass is 79.9. The van der Waals surface area contributed by atoms with E-state index in [9.17, 15) is 4.39 Å². The number of hydrogen-bond donors (Lipinski definition) is 0. The molecule has 0 N–H and O–H groups in total. The maximum absolute atomic E-state index is 15.5. The SMILES string of the molecule is C=C1CN2CC(=C)CC2(COc2nc(N3C[C@@H]4C[C@H](C3)[C@H](O[Si](C)(C)C(C)(C)C)C4)c3cc(F)c(Br)c(F)c3n2)C1. The third-order valence-electron chi connectivity index (χ3n) is 10.1. The fraction of sp³-hybridized carbons (Fsp3) is 0.613. The molecule has 6 rings (SSSR count). The molecule has 4 aliphatic rings. The third kappa shape index (κ3) is 5.16. The number of halogens is 3. The van der Waals surface area contributed by atoms with Gasteiger partial charge in [0.05, 0.1) is 10.0 Å². The summed E-state index contributed by atoms with van der Waals surface area (Å²) in [4.78, 5) is 13.8. The second kappa shape index (κ2) is 10.1. The second-order valence-corrected chi connectivity index (χ2v) is 19.9. The molecule has 1 saturated carbocycles. The summed E-state index contributed by atoms with van der Waals surface area (Å²) in [5.74, 6) is -0.112. The molecule has 222 valence electrons. The number of piperidine rings is 1. The van der Waals surface area contributed by atoms with E-state index in [-0.39, 0.29) is 32.7 Å². The summed E-state index contributed by atoms with van der Waals surface area (Å²) < 4.78 is 43.2. The van der Waals surface area contributed by atoms with Crippen LogP contribution in [0.4, 0.5) is 14.6 Å². The predicted octanol–water partition coefficient (Wildman–Crippen LogP) is 7.25. The van der Waals surface area contributed by atoms with Crippen LogP contribution < -0.4 is 9.64 Å². The van der Waals surface area contributed by atoms with Crippen molar-refractivity contribution >= 4 is 41.0 Å². The van der Waals surface area contributed by atoms with Crippen molar-refractivity contribution in [2.45, 2.75) is 76.2 Å². The Morgan fingerprint density at radius 1 is 1.10 bits per heavy atom. The Labute approximate surface area is 251 Å². The molecule has 10 heteroatoms. The van der Waals surface area contributed by atoms with E-state index in [4.69, 9.17) is 14.1 Å². The zero-order chi connectivity index (χ0) is 29.5. The molecule has 2 bridgehead atoms. The number of rotatable bonds is 6. The van der Waals surface area contributed by atoms with Gasteiger partial charge in [0.15, 0.2) is 14.1 Å². The van der Waals surface area contributed by atoms with Gasteiger partial charge >= 0.3 is 6.01 Å². The smallest absolute Gasteiger partial charge is 0.319 e. The average molecular weight is 648 g/mol. The van der Waals surface area contributed by atoms with E-state index in [2.05, 4.69) is 77.7 Å². The first kappa shape index (κ1) is 29.2. The topological polar surface area (TPSA) is 50.7 Å². The minimum atomic E-state index is -1.93. The van der Waals surface area contributed by atoms with Gasteiger partial charge in [-0.3, -0.25) is 4.90 Å². The maximum Gasteiger partial charge on any atom is 0.319 e. The van der Waals surface area contributed by atoms with Crippen molar-refractivity contribution < 1.29 is 17.9 Å². The number of ether oxygens (including phenoxy) is 1. The molecule has 3 atom stereocenters. The first-order valence-electron chi connectivity index (χ1n) is 14.6. The minimum Gasteiger partial charge on any atom is -0.461 e. The molecule has 3 saturated heterocycles. The zero-order valence-corrected chi connectivity index (χ0v) is 27.4. The van der Waals surface area contributed by atoms with Crippen LogP contribution in [0.2, 0.25) is 18.1 Å². The molecule has 6 nitrogen and oxygen atoms in total. The molecule has 4 fully saturated rings. The van der Waals surface area contributed by atoms with Crippen molar-refractivity contribution in [3.63, 3.8) is 0 Å². The van der Waals surface area contributed by atoms with Gasteiger partial charge in [0.2, 0.25) is 0 Å². The number of aromatic nitrogens is 2. The standard InChI is InChI=1S/C31H41BrF2N4O2Si/c1-18-11-31(12-19(2)14-38(31)13-18)17-39-29-35-27-22(10-23(33)25(32)26(27)34)28(36-29)37-15-20-8-21(16-37)24(9-20)40-41(6,7)30(3,4)5/h10,20-21,24H,1-2,8-9,11-17H2,3-7H3/t20-,21-,24-/m1/s1. The van der Waals surface area contributed by atoms with E-state index in [1.54, 1.807) is 0 Å². The molecule has 1 aliphatic carbocycles. The predicted molar refractivity (Wildman–Crippen MR) is 165 cm³/mol. The van der Waals surface area contributed by atoms with Crippen molar-refractivity contribution in [2.75, 3.05) is 37.7 Å². The fourth-order valence-corrected chi connectivity index (χ4v) is 8.88. The van der Waals surface area contributed by atoms with E-state index < -0.39 is 20.0 Å². The van der Waals surface area contributed by atoms with Crippen LogP contribution in [-0.4, -0.2) is 67.6 Å². The van der Waals surface area contributed by atoms with E-state index in [1.807, 2.05) is 0 Å². The van der Waals surface area contributed by atoms with Crippen molar-refractivity contribution in [1.82, 2.24) is 14.9 Å². The third-order valence-corrected chi connectivity index (χ3v) is 15.4. The Bertz CT molecular complexity index is 1410. The van der Waals surface area contributed by atoms with Gasteiger partial charge in [-0.2, -0.15) is 9.97 Å². The molecular formula is C31H41BrF2N4O2Si. The van der Waals surface area contributed by atoms with E-state index >= 15 is 4.39 Å². The summed E-state index contributed by atoms with van der Waals surface area (Å²) in [6, 6.07) is 1.45. The van der Waals surface area contributed by atoms with Gasteiger partial charge in [-0.05, 0) is 71.7 Å². The molecule has 0 radical (unpaired) electrons. The molecule has 4 heterocycles. The molecule has 1 aromatic heterocycles. The van der Waals surface area contributed by atoms with Crippen LogP contribution in [0.25, 0.3) is 10.9 Å². The molecular weight excluding hydrogens is 606 g/mol. The van der Waals surface area contributed by atoms with Crippen molar-refractivity contribution in [1.29, 1.82) is 0 Å². The molecule has 2 aromatic rings. The molecule has 41 heavy (non-hydrogen) atoms. The lowest BCUT2D eigenvalue weighted by atomic mass is 9.92. The van der Waals surface area contributed by atoms with Gasteiger partial charge < -0.3 is 14.1 Å². The maximum atomic E-state index is 15.5. The summed E-state index contributed by atoms with van der Waals surface area (Å²) in [6.45, 7) is 23.3. The summed E-state index contributed by atoms with van der Waals surface area (Å²) in [6.07, 6.45) is 3.93. The highest BCUT2D eigenvalue weighted by molar-refractivity contribution is 9.10. The number of hydrogen-bond acceptors (Lipinski definition) is 6. The summed E-state index contributed by atoms with van der Waals surface area (Å²) >= 11 is 3.06. The summed E-state index contributed by atoms with van der Waals surface area (Å²) in [5.41, 5.74) is 2.17. The summed E-state index contributed by atoms with van der Waals surface area (Å²) in [7, 11) is -1.93. The van der Waals surface area contributed by atoms with E-state index in [0.717, 1.165) is 51.9 Å². The molecule has 0 spiro atoms. The zero-order valence-electron chi connectivity index (χ0n) is 24.8. The number of fused-ring (bicyclic) bond motifs is 4. The van der Waals surface area contributed by atoms with E-state index in [1.165, 1.54) is 17.2 Å². The fourth-order valence-electron chi connectivity index (χ4n) is 7.17. The number of benzene rings is 1. The normalized spacial score (nSPS) is 26.3. The van der Waals surface area contributed by atoms with E-state index in [0.29, 0.717) is 29.6 Å².